The summed E-state index contributed by atoms with van der Waals surface area (Å²) in [6.07, 6.45) is 3.93. The third-order valence-electron chi connectivity index (χ3n) is 4.32. The quantitative estimate of drug-likeness (QED) is 0.800. The van der Waals surface area contributed by atoms with E-state index >= 15 is 0 Å². The molecule has 0 radical (unpaired) electrons. The molecule has 1 nitrogen and oxygen atoms in total. The van der Waals surface area contributed by atoms with Crippen LogP contribution >= 0.6 is 0 Å². The van der Waals surface area contributed by atoms with Crippen LogP contribution in [-0.4, -0.2) is 0 Å². The molecule has 0 aliphatic heterocycles. The molecule has 0 amide bonds. The van der Waals surface area contributed by atoms with E-state index in [-0.39, 0.29) is 6.04 Å². The lowest BCUT2D eigenvalue weighted by Crippen LogP contribution is -2.30. The number of benzene rings is 1. The van der Waals surface area contributed by atoms with Gasteiger partial charge < -0.3 is 5.73 Å². The largest absolute Gasteiger partial charge is 0.324 e. The summed E-state index contributed by atoms with van der Waals surface area (Å²) in [7, 11) is 0. The van der Waals surface area contributed by atoms with Crippen molar-refractivity contribution in [1.82, 2.24) is 0 Å². The molecule has 0 saturated heterocycles. The highest BCUT2D eigenvalue weighted by Gasteiger charge is 2.38. The first kappa shape index (κ1) is 11.7. The van der Waals surface area contributed by atoms with Gasteiger partial charge in [-0.25, -0.2) is 0 Å². The second-order valence-corrected chi connectivity index (χ2v) is 5.87. The van der Waals surface area contributed by atoms with E-state index < -0.39 is 0 Å². The Labute approximate surface area is 99.0 Å². The second kappa shape index (κ2) is 4.21. The first-order valence-electron chi connectivity index (χ1n) is 6.33. The summed E-state index contributed by atoms with van der Waals surface area (Å²) in [6, 6.07) is 8.75. The van der Waals surface area contributed by atoms with Crippen molar-refractivity contribution in [2.24, 2.45) is 17.1 Å². The molecular weight excluding hydrogens is 194 g/mol. The van der Waals surface area contributed by atoms with Crippen LogP contribution in [0.25, 0.3) is 0 Å². The summed E-state index contributed by atoms with van der Waals surface area (Å²) < 4.78 is 0. The first-order valence-corrected chi connectivity index (χ1v) is 6.33. The Morgan fingerprint density at radius 2 is 2.00 bits per heavy atom. The SMILES string of the molecule is Cc1ccccc1C(N)C1CCCC1(C)C. The maximum atomic E-state index is 6.48. The molecule has 1 heteroatoms. The van der Waals surface area contributed by atoms with Gasteiger partial charge in [-0.3, -0.25) is 0 Å². The van der Waals surface area contributed by atoms with Crippen molar-refractivity contribution in [3.8, 4) is 0 Å². The highest BCUT2D eigenvalue weighted by molar-refractivity contribution is 5.29. The molecule has 0 aromatic heterocycles. The van der Waals surface area contributed by atoms with Gasteiger partial charge in [0, 0.05) is 6.04 Å². The van der Waals surface area contributed by atoms with E-state index in [1.165, 1.54) is 30.4 Å². The molecule has 0 bridgehead atoms. The van der Waals surface area contributed by atoms with Gasteiger partial charge >= 0.3 is 0 Å². The van der Waals surface area contributed by atoms with Crippen molar-refractivity contribution < 1.29 is 0 Å². The Kier molecular flexibility index (Phi) is 3.07. The number of rotatable bonds is 2. The summed E-state index contributed by atoms with van der Waals surface area (Å²) in [5.74, 6) is 0.633. The van der Waals surface area contributed by atoms with Gasteiger partial charge in [0.05, 0.1) is 0 Å². The minimum absolute atomic E-state index is 0.207. The van der Waals surface area contributed by atoms with Crippen molar-refractivity contribution >= 4 is 0 Å². The zero-order valence-corrected chi connectivity index (χ0v) is 10.7. The van der Waals surface area contributed by atoms with Crippen molar-refractivity contribution in [2.45, 2.75) is 46.1 Å². The van der Waals surface area contributed by atoms with Gasteiger partial charge in [0.2, 0.25) is 0 Å². The summed E-state index contributed by atoms with van der Waals surface area (Å²) >= 11 is 0. The maximum Gasteiger partial charge on any atom is 0.0331 e. The molecule has 2 rings (SSSR count). The standard InChI is InChI=1S/C15H23N/c1-11-7-4-5-8-12(11)14(16)13-9-6-10-15(13,2)3/h4-5,7-8,13-14H,6,9-10,16H2,1-3H3. The molecule has 1 saturated carbocycles. The van der Waals surface area contributed by atoms with Gasteiger partial charge in [-0.05, 0) is 42.2 Å². The average Bonchev–Trinajstić information content (AvgIpc) is 2.58. The third-order valence-corrected chi connectivity index (χ3v) is 4.32. The van der Waals surface area contributed by atoms with Gasteiger partial charge in [0.1, 0.15) is 0 Å². The fourth-order valence-corrected chi connectivity index (χ4v) is 3.20. The van der Waals surface area contributed by atoms with Gasteiger partial charge in [-0.2, -0.15) is 0 Å². The molecule has 1 aromatic rings. The van der Waals surface area contributed by atoms with Crippen LogP contribution in [-0.2, 0) is 0 Å². The van der Waals surface area contributed by atoms with E-state index in [4.69, 9.17) is 5.73 Å². The van der Waals surface area contributed by atoms with E-state index in [0.717, 1.165) is 0 Å². The zero-order chi connectivity index (χ0) is 11.8. The van der Waals surface area contributed by atoms with Crippen LogP contribution < -0.4 is 5.73 Å². The Hall–Kier alpha value is -0.820. The van der Waals surface area contributed by atoms with Gasteiger partial charge in [0.25, 0.3) is 0 Å². The molecule has 2 atom stereocenters. The van der Waals surface area contributed by atoms with Crippen LogP contribution in [0.3, 0.4) is 0 Å². The van der Waals surface area contributed by atoms with Crippen LogP contribution in [0.15, 0.2) is 24.3 Å². The Bertz CT molecular complexity index is 367. The molecule has 1 aliphatic carbocycles. The molecule has 1 aliphatic rings. The van der Waals surface area contributed by atoms with E-state index in [2.05, 4.69) is 45.0 Å². The third kappa shape index (κ3) is 2.01. The highest BCUT2D eigenvalue weighted by Crippen LogP contribution is 2.48. The molecule has 2 unspecified atom stereocenters. The fourth-order valence-electron chi connectivity index (χ4n) is 3.20. The van der Waals surface area contributed by atoms with Crippen LogP contribution in [0.1, 0.15) is 50.3 Å². The molecule has 16 heavy (non-hydrogen) atoms. The lowest BCUT2D eigenvalue weighted by atomic mass is 9.75. The Morgan fingerprint density at radius 3 is 2.56 bits per heavy atom. The molecular formula is C15H23N. The molecule has 1 fully saturated rings. The summed E-state index contributed by atoms with van der Waals surface area (Å²) in [5, 5.41) is 0. The van der Waals surface area contributed by atoms with E-state index in [0.29, 0.717) is 11.3 Å². The van der Waals surface area contributed by atoms with Gasteiger partial charge in [-0.1, -0.05) is 44.5 Å². The molecule has 88 valence electrons. The normalized spacial score (nSPS) is 25.6. The van der Waals surface area contributed by atoms with Crippen molar-refractivity contribution in [2.75, 3.05) is 0 Å². The van der Waals surface area contributed by atoms with Crippen molar-refractivity contribution in [3.63, 3.8) is 0 Å². The summed E-state index contributed by atoms with van der Waals surface area (Å²) in [5.41, 5.74) is 9.55. The zero-order valence-electron chi connectivity index (χ0n) is 10.7. The summed E-state index contributed by atoms with van der Waals surface area (Å²) in [4.78, 5) is 0. The topological polar surface area (TPSA) is 26.0 Å². The maximum absolute atomic E-state index is 6.48. The summed E-state index contributed by atoms with van der Waals surface area (Å²) in [6.45, 7) is 6.89. The number of aryl methyl sites for hydroxylation is 1. The number of nitrogens with two attached hydrogens (primary N) is 1. The predicted molar refractivity (Wildman–Crippen MR) is 69.2 cm³/mol. The molecule has 0 heterocycles. The minimum Gasteiger partial charge on any atom is -0.324 e. The Balaban J connectivity index is 2.26. The molecule has 2 N–H and O–H groups in total. The van der Waals surface area contributed by atoms with Gasteiger partial charge in [0.15, 0.2) is 0 Å². The van der Waals surface area contributed by atoms with Crippen LogP contribution in [0.5, 0.6) is 0 Å². The van der Waals surface area contributed by atoms with E-state index in [1.54, 1.807) is 0 Å². The second-order valence-electron chi connectivity index (χ2n) is 5.87. The van der Waals surface area contributed by atoms with Gasteiger partial charge in [-0.15, -0.1) is 0 Å². The molecule has 0 spiro atoms. The van der Waals surface area contributed by atoms with Crippen molar-refractivity contribution in [1.29, 1.82) is 0 Å². The van der Waals surface area contributed by atoms with Crippen LogP contribution in [0.4, 0.5) is 0 Å². The van der Waals surface area contributed by atoms with E-state index in [9.17, 15) is 0 Å². The molecule has 1 aromatic carbocycles. The first-order chi connectivity index (χ1) is 7.52. The minimum atomic E-state index is 0.207. The predicted octanol–water partition coefficient (Wildman–Crippen LogP) is 3.82. The highest BCUT2D eigenvalue weighted by atomic mass is 14.7. The smallest absolute Gasteiger partial charge is 0.0331 e. The average molecular weight is 217 g/mol. The fraction of sp³-hybridized carbons (Fsp3) is 0.600. The lowest BCUT2D eigenvalue weighted by molar-refractivity contribution is 0.222. The van der Waals surface area contributed by atoms with Crippen molar-refractivity contribution in [3.05, 3.63) is 35.4 Å². The van der Waals surface area contributed by atoms with E-state index in [1.807, 2.05) is 0 Å². The van der Waals surface area contributed by atoms with Crippen LogP contribution in [0, 0.1) is 18.3 Å². The van der Waals surface area contributed by atoms with Crippen LogP contribution in [0.2, 0.25) is 0 Å². The monoisotopic (exact) mass is 217 g/mol. The number of hydrogen-bond acceptors (Lipinski definition) is 1. The Morgan fingerprint density at radius 1 is 1.31 bits per heavy atom. The lowest BCUT2D eigenvalue weighted by Gasteiger charge is -2.32. The number of hydrogen-bond donors (Lipinski definition) is 1.